The second-order valence-electron chi connectivity index (χ2n) is 4.88. The Hall–Kier alpha value is -1.26. The van der Waals surface area contributed by atoms with Crippen LogP contribution in [0.5, 0.6) is 0 Å². The number of hydrogen-bond donors (Lipinski definition) is 2. The Morgan fingerprint density at radius 1 is 0.818 bits per heavy atom. The standard InChI is InChI=1S/C16H22Cl2N2O2/c17-8-1-3-10-19-15(21)13-6-5-7-14(12-13)16(22)20-11-4-2-9-18/h5-7,12H,1-4,8-11H2,(H,19,21)(H,20,22). The van der Waals surface area contributed by atoms with Crippen molar-refractivity contribution in [2.45, 2.75) is 25.7 Å². The predicted molar refractivity (Wildman–Crippen MR) is 91.0 cm³/mol. The van der Waals surface area contributed by atoms with Gasteiger partial charge in [-0.1, -0.05) is 6.07 Å². The zero-order valence-corrected chi connectivity index (χ0v) is 14.1. The smallest absolute Gasteiger partial charge is 0.251 e. The van der Waals surface area contributed by atoms with Crippen LogP contribution in [-0.2, 0) is 0 Å². The molecule has 1 rings (SSSR count). The Morgan fingerprint density at radius 3 is 1.68 bits per heavy atom. The average molecular weight is 345 g/mol. The summed E-state index contributed by atoms with van der Waals surface area (Å²) >= 11 is 11.2. The number of carbonyl (C=O) groups excluding carboxylic acids is 2. The molecule has 0 heterocycles. The Balaban J connectivity index is 2.50. The molecule has 22 heavy (non-hydrogen) atoms. The van der Waals surface area contributed by atoms with Crippen LogP contribution in [0.15, 0.2) is 24.3 Å². The predicted octanol–water partition coefficient (Wildman–Crippen LogP) is 3.18. The number of nitrogens with one attached hydrogen (secondary N) is 2. The molecule has 122 valence electrons. The molecule has 0 aliphatic heterocycles. The molecule has 0 saturated heterocycles. The first-order valence-corrected chi connectivity index (χ1v) is 8.54. The number of alkyl halides is 2. The van der Waals surface area contributed by atoms with E-state index in [1.165, 1.54) is 0 Å². The van der Waals surface area contributed by atoms with Gasteiger partial charge < -0.3 is 10.6 Å². The van der Waals surface area contributed by atoms with Crippen molar-refractivity contribution in [3.63, 3.8) is 0 Å². The number of carbonyl (C=O) groups is 2. The molecule has 0 bridgehead atoms. The fraction of sp³-hybridized carbons (Fsp3) is 0.500. The fourth-order valence-corrected chi connectivity index (χ4v) is 2.23. The van der Waals surface area contributed by atoms with Crippen molar-refractivity contribution in [2.24, 2.45) is 0 Å². The lowest BCUT2D eigenvalue weighted by atomic mass is 10.1. The third-order valence-electron chi connectivity index (χ3n) is 3.08. The Morgan fingerprint density at radius 2 is 1.27 bits per heavy atom. The van der Waals surface area contributed by atoms with Gasteiger partial charge in [0.05, 0.1) is 0 Å². The van der Waals surface area contributed by atoms with Gasteiger partial charge in [0.2, 0.25) is 0 Å². The van der Waals surface area contributed by atoms with Crippen LogP contribution in [0.2, 0.25) is 0 Å². The summed E-state index contributed by atoms with van der Waals surface area (Å²) in [5, 5.41) is 5.63. The molecule has 1 aromatic carbocycles. The summed E-state index contributed by atoms with van der Waals surface area (Å²) in [4.78, 5) is 24.0. The summed E-state index contributed by atoms with van der Waals surface area (Å²) in [6.45, 7) is 1.17. The van der Waals surface area contributed by atoms with Crippen molar-refractivity contribution in [1.29, 1.82) is 0 Å². The van der Waals surface area contributed by atoms with Crippen LogP contribution in [0, 0.1) is 0 Å². The van der Waals surface area contributed by atoms with Crippen LogP contribution in [0.3, 0.4) is 0 Å². The fourth-order valence-electron chi connectivity index (χ4n) is 1.85. The van der Waals surface area contributed by atoms with E-state index in [4.69, 9.17) is 23.2 Å². The Kier molecular flexibility index (Phi) is 9.67. The summed E-state index contributed by atoms with van der Waals surface area (Å²) in [5.74, 6) is 0.836. The lowest BCUT2D eigenvalue weighted by Gasteiger charge is -2.07. The summed E-state index contributed by atoms with van der Waals surface area (Å²) in [6, 6.07) is 6.71. The number of halogens is 2. The minimum atomic E-state index is -0.175. The molecule has 1 aromatic rings. The van der Waals surface area contributed by atoms with Crippen LogP contribution in [-0.4, -0.2) is 36.7 Å². The molecule has 0 aliphatic rings. The van der Waals surface area contributed by atoms with Crippen LogP contribution in [0.25, 0.3) is 0 Å². The van der Waals surface area contributed by atoms with Gasteiger partial charge >= 0.3 is 0 Å². The number of rotatable bonds is 10. The molecular formula is C16H22Cl2N2O2. The van der Waals surface area contributed by atoms with E-state index in [1.807, 2.05) is 0 Å². The summed E-state index contributed by atoms with van der Waals surface area (Å²) in [5.41, 5.74) is 0.971. The summed E-state index contributed by atoms with van der Waals surface area (Å²) < 4.78 is 0. The van der Waals surface area contributed by atoms with Gasteiger partial charge in [0, 0.05) is 36.0 Å². The molecule has 4 nitrogen and oxygen atoms in total. The maximum absolute atomic E-state index is 12.0. The maximum atomic E-state index is 12.0. The average Bonchev–Trinajstić information content (AvgIpc) is 2.55. The lowest BCUT2D eigenvalue weighted by Crippen LogP contribution is -2.27. The number of amides is 2. The van der Waals surface area contributed by atoms with Crippen molar-refractivity contribution in [3.05, 3.63) is 35.4 Å². The van der Waals surface area contributed by atoms with Crippen LogP contribution in [0.1, 0.15) is 46.4 Å². The topological polar surface area (TPSA) is 58.2 Å². The molecule has 2 amide bonds. The Bertz CT molecular complexity index is 442. The molecule has 0 aliphatic carbocycles. The molecule has 0 aromatic heterocycles. The zero-order chi connectivity index (χ0) is 16.2. The van der Waals surface area contributed by atoms with Crippen molar-refractivity contribution < 1.29 is 9.59 Å². The molecule has 0 radical (unpaired) electrons. The highest BCUT2D eigenvalue weighted by Crippen LogP contribution is 2.06. The zero-order valence-electron chi connectivity index (χ0n) is 12.5. The highest BCUT2D eigenvalue weighted by Gasteiger charge is 2.09. The largest absolute Gasteiger partial charge is 0.352 e. The van der Waals surface area contributed by atoms with Gasteiger partial charge in [-0.05, 0) is 43.9 Å². The molecule has 0 atom stereocenters. The minimum absolute atomic E-state index is 0.175. The first-order chi connectivity index (χ1) is 10.7. The molecule has 0 saturated carbocycles. The second kappa shape index (κ2) is 11.3. The van der Waals surface area contributed by atoms with E-state index in [0.29, 0.717) is 36.0 Å². The first-order valence-electron chi connectivity index (χ1n) is 7.47. The Labute approximate surface area is 141 Å². The number of hydrogen-bond acceptors (Lipinski definition) is 2. The van der Waals surface area contributed by atoms with E-state index in [1.54, 1.807) is 24.3 Å². The number of benzene rings is 1. The van der Waals surface area contributed by atoms with Crippen LogP contribution >= 0.6 is 23.2 Å². The van der Waals surface area contributed by atoms with Crippen molar-refractivity contribution in [1.82, 2.24) is 10.6 Å². The van der Waals surface area contributed by atoms with Crippen molar-refractivity contribution >= 4 is 35.0 Å². The lowest BCUT2D eigenvalue weighted by molar-refractivity contribution is 0.0952. The first kappa shape index (κ1) is 18.8. The normalized spacial score (nSPS) is 10.3. The number of unbranched alkanes of at least 4 members (excludes halogenated alkanes) is 2. The van der Waals surface area contributed by atoms with E-state index < -0.39 is 0 Å². The van der Waals surface area contributed by atoms with E-state index in [2.05, 4.69) is 10.6 Å². The van der Waals surface area contributed by atoms with Gasteiger partial charge in [-0.2, -0.15) is 0 Å². The summed E-state index contributed by atoms with van der Waals surface area (Å²) in [6.07, 6.45) is 3.42. The monoisotopic (exact) mass is 344 g/mol. The maximum Gasteiger partial charge on any atom is 0.251 e. The summed E-state index contributed by atoms with van der Waals surface area (Å²) in [7, 11) is 0. The van der Waals surface area contributed by atoms with Gasteiger partial charge in [0.25, 0.3) is 11.8 Å². The van der Waals surface area contributed by atoms with Gasteiger partial charge in [-0.25, -0.2) is 0 Å². The quantitative estimate of drug-likeness (QED) is 0.505. The molecule has 2 N–H and O–H groups in total. The molecule has 6 heteroatoms. The van der Waals surface area contributed by atoms with Gasteiger partial charge in [0.1, 0.15) is 0 Å². The third kappa shape index (κ3) is 7.14. The van der Waals surface area contributed by atoms with Crippen LogP contribution < -0.4 is 10.6 Å². The SMILES string of the molecule is O=C(NCCCCCl)c1cccc(C(=O)NCCCCCl)c1. The van der Waals surface area contributed by atoms with E-state index in [9.17, 15) is 9.59 Å². The van der Waals surface area contributed by atoms with Gasteiger partial charge in [-0.15, -0.1) is 23.2 Å². The van der Waals surface area contributed by atoms with Gasteiger partial charge in [0.15, 0.2) is 0 Å². The minimum Gasteiger partial charge on any atom is -0.352 e. The van der Waals surface area contributed by atoms with Crippen LogP contribution in [0.4, 0.5) is 0 Å². The van der Waals surface area contributed by atoms with E-state index in [-0.39, 0.29) is 11.8 Å². The second-order valence-corrected chi connectivity index (χ2v) is 5.64. The van der Waals surface area contributed by atoms with Gasteiger partial charge in [-0.3, -0.25) is 9.59 Å². The van der Waals surface area contributed by atoms with E-state index in [0.717, 1.165) is 25.7 Å². The van der Waals surface area contributed by atoms with Crippen molar-refractivity contribution in [2.75, 3.05) is 24.8 Å². The van der Waals surface area contributed by atoms with Crippen molar-refractivity contribution in [3.8, 4) is 0 Å². The van der Waals surface area contributed by atoms with E-state index >= 15 is 0 Å². The highest BCUT2D eigenvalue weighted by atomic mass is 35.5. The molecular weight excluding hydrogens is 323 g/mol. The molecule has 0 fully saturated rings. The highest BCUT2D eigenvalue weighted by molar-refractivity contribution is 6.18. The molecule has 0 unspecified atom stereocenters. The molecule has 0 spiro atoms. The third-order valence-corrected chi connectivity index (χ3v) is 3.61.